The number of carbonyl (C=O) groups is 2. The second kappa shape index (κ2) is 21.8. The fourth-order valence-corrected chi connectivity index (χ4v) is 6.66. The summed E-state index contributed by atoms with van der Waals surface area (Å²) in [5, 5.41) is 2.05. The first kappa shape index (κ1) is 42.0. The third-order valence-corrected chi connectivity index (χ3v) is 9.87. The van der Waals surface area contributed by atoms with Crippen LogP contribution in [0.15, 0.2) is 36.4 Å². The number of carbonyl (C=O) groups excluding carboxylic acids is 2. The molecule has 0 unspecified atom stereocenters. The van der Waals surface area contributed by atoms with Crippen molar-refractivity contribution < 1.29 is 19.1 Å². The van der Waals surface area contributed by atoms with E-state index in [-0.39, 0.29) is 24.3 Å². The minimum absolute atomic E-state index is 0. The van der Waals surface area contributed by atoms with Crippen molar-refractivity contribution >= 4 is 55.9 Å². The van der Waals surface area contributed by atoms with Crippen molar-refractivity contribution in [3.8, 4) is 0 Å². The van der Waals surface area contributed by atoms with Crippen LogP contribution in [0.1, 0.15) is 115 Å². The highest BCUT2D eigenvalue weighted by atomic mass is 35.5. The van der Waals surface area contributed by atoms with Gasteiger partial charge in [-0.2, -0.15) is 0 Å². The summed E-state index contributed by atoms with van der Waals surface area (Å²) in [6, 6.07) is 11.5. The molecule has 0 fully saturated rings. The maximum atomic E-state index is 13.0. The maximum absolute atomic E-state index is 13.0. The van der Waals surface area contributed by atoms with Gasteiger partial charge < -0.3 is 19.3 Å². The molecule has 0 saturated heterocycles. The van der Waals surface area contributed by atoms with Gasteiger partial charge >= 0.3 is 11.9 Å². The largest absolute Gasteiger partial charge is 0.462 e. The average Bonchev–Trinajstić information content (AvgIpc) is 3.39. The van der Waals surface area contributed by atoms with E-state index in [4.69, 9.17) is 9.47 Å². The number of ether oxygens (including phenoxy) is 2. The van der Waals surface area contributed by atoms with Crippen LogP contribution >= 0.6 is 23.7 Å². The van der Waals surface area contributed by atoms with Gasteiger partial charge in [0.15, 0.2) is 0 Å². The molecule has 0 N–H and O–H groups in total. The lowest BCUT2D eigenvalue weighted by Gasteiger charge is -2.24. The van der Waals surface area contributed by atoms with Crippen LogP contribution < -0.4 is 0 Å². The number of nitrogens with zero attached hydrogens (tertiary/aromatic N) is 2. The van der Waals surface area contributed by atoms with Crippen LogP contribution in [0.4, 0.5) is 0 Å². The zero-order valence-electron chi connectivity index (χ0n) is 31.0. The van der Waals surface area contributed by atoms with Crippen molar-refractivity contribution in [3.63, 3.8) is 0 Å². The molecule has 0 aliphatic carbocycles. The number of thiophene rings is 1. The first-order valence-electron chi connectivity index (χ1n) is 18.2. The second-order valence-corrected chi connectivity index (χ2v) is 16.0. The van der Waals surface area contributed by atoms with Gasteiger partial charge in [0.25, 0.3) is 0 Å². The first-order valence-corrected chi connectivity index (χ1v) is 19.0. The van der Waals surface area contributed by atoms with Gasteiger partial charge in [-0.05, 0) is 119 Å². The Kier molecular flexibility index (Phi) is 19.1. The molecule has 0 amide bonds. The van der Waals surface area contributed by atoms with Gasteiger partial charge in [0.05, 0.1) is 24.3 Å². The van der Waals surface area contributed by atoms with Gasteiger partial charge in [0.2, 0.25) is 0 Å². The monoisotopic (exact) mass is 702 g/mol. The molecule has 0 aliphatic heterocycles. The standard InChI is InChI=1S/C40H62N2O4S.ClH/c1-29(2)15-21-41(22-16-30(3)4)19-9-25-45-39(43)33-12-14-37-36(27-33)35-13-11-34(28-38(35)47-37)40(44)46-26-10-20-42(23-17-31(5)6)24-18-32(7)8;/h11-14,27-32H,9-10,15-26H2,1-8H3;1H. The lowest BCUT2D eigenvalue weighted by atomic mass is 10.1. The number of rotatable bonds is 22. The maximum Gasteiger partial charge on any atom is 0.338 e. The summed E-state index contributed by atoms with van der Waals surface area (Å²) in [4.78, 5) is 30.9. The van der Waals surface area contributed by atoms with Crippen LogP contribution in [0.25, 0.3) is 20.2 Å². The Morgan fingerprint density at radius 3 is 1.42 bits per heavy atom. The second-order valence-electron chi connectivity index (χ2n) is 14.9. The van der Waals surface area contributed by atoms with Crippen LogP contribution in [0.3, 0.4) is 0 Å². The molecule has 1 aromatic heterocycles. The van der Waals surface area contributed by atoms with Crippen molar-refractivity contribution in [1.82, 2.24) is 9.80 Å². The van der Waals surface area contributed by atoms with Crippen LogP contribution in [0, 0.1) is 23.7 Å². The zero-order chi connectivity index (χ0) is 34.3. The van der Waals surface area contributed by atoms with Crippen LogP contribution in [0.2, 0.25) is 0 Å². The summed E-state index contributed by atoms with van der Waals surface area (Å²) in [6.45, 7) is 25.2. The van der Waals surface area contributed by atoms with E-state index in [0.29, 0.717) is 48.0 Å². The molecule has 3 aromatic rings. The summed E-state index contributed by atoms with van der Waals surface area (Å²) in [5.74, 6) is 2.17. The summed E-state index contributed by atoms with van der Waals surface area (Å²) in [5.41, 5.74) is 1.13. The summed E-state index contributed by atoms with van der Waals surface area (Å²) >= 11 is 1.63. The van der Waals surface area contributed by atoms with Gasteiger partial charge in [-0.15, -0.1) is 23.7 Å². The molecule has 48 heavy (non-hydrogen) atoms. The average molecular weight is 703 g/mol. The topological polar surface area (TPSA) is 59.1 Å². The fraction of sp³-hybridized carbons (Fsp3) is 0.650. The number of fused-ring (bicyclic) bond motifs is 3. The third kappa shape index (κ3) is 14.7. The van der Waals surface area contributed by atoms with Crippen molar-refractivity contribution in [2.45, 2.75) is 93.9 Å². The van der Waals surface area contributed by atoms with Crippen LogP contribution in [0.5, 0.6) is 0 Å². The summed E-state index contributed by atoms with van der Waals surface area (Å²) in [7, 11) is 0. The van der Waals surface area contributed by atoms with E-state index in [9.17, 15) is 9.59 Å². The first-order chi connectivity index (χ1) is 22.4. The Balaban J connectivity index is 0.00000800. The minimum Gasteiger partial charge on any atom is -0.462 e. The number of esters is 2. The van der Waals surface area contributed by atoms with Crippen LogP contribution in [-0.4, -0.2) is 74.2 Å². The number of hydrogen-bond donors (Lipinski definition) is 0. The molecule has 0 spiro atoms. The Morgan fingerprint density at radius 2 is 0.979 bits per heavy atom. The number of benzene rings is 2. The molecule has 6 nitrogen and oxygen atoms in total. The lowest BCUT2D eigenvalue weighted by Crippen LogP contribution is -2.29. The third-order valence-electron chi connectivity index (χ3n) is 8.74. The highest BCUT2D eigenvalue weighted by Gasteiger charge is 2.15. The van der Waals surface area contributed by atoms with E-state index < -0.39 is 0 Å². The molecule has 1 heterocycles. The van der Waals surface area contributed by atoms with E-state index in [1.165, 1.54) is 25.7 Å². The Morgan fingerprint density at radius 1 is 0.562 bits per heavy atom. The van der Waals surface area contributed by atoms with Gasteiger partial charge in [-0.1, -0.05) is 61.5 Å². The van der Waals surface area contributed by atoms with E-state index in [1.807, 2.05) is 36.4 Å². The SMILES string of the molecule is CC(C)CCN(CCCOC(=O)c1ccc2c(c1)sc1ccc(C(=O)OCCCN(CCC(C)C)CCC(C)C)cc12)CCC(C)C.Cl. The predicted molar refractivity (Wildman–Crippen MR) is 207 cm³/mol. The fourth-order valence-electron chi connectivity index (χ4n) is 5.54. The number of halogens is 1. The van der Waals surface area contributed by atoms with Gasteiger partial charge in [-0.25, -0.2) is 9.59 Å². The highest BCUT2D eigenvalue weighted by Crippen LogP contribution is 2.35. The Hall–Kier alpha value is -2.19. The summed E-state index contributed by atoms with van der Waals surface area (Å²) < 4.78 is 13.5. The molecule has 0 atom stereocenters. The molecule has 8 heteroatoms. The van der Waals surface area contributed by atoms with Crippen molar-refractivity contribution in [1.29, 1.82) is 0 Å². The van der Waals surface area contributed by atoms with Crippen molar-refractivity contribution in [2.24, 2.45) is 23.7 Å². The Labute approximate surface area is 301 Å². The zero-order valence-corrected chi connectivity index (χ0v) is 32.6. The lowest BCUT2D eigenvalue weighted by molar-refractivity contribution is 0.0478. The molecule has 0 bridgehead atoms. The highest BCUT2D eigenvalue weighted by molar-refractivity contribution is 7.25. The molecule has 0 radical (unpaired) electrons. The van der Waals surface area contributed by atoms with E-state index in [2.05, 4.69) is 65.2 Å². The van der Waals surface area contributed by atoms with Crippen molar-refractivity contribution in [3.05, 3.63) is 47.5 Å². The molecule has 0 saturated carbocycles. The predicted octanol–water partition coefficient (Wildman–Crippen LogP) is 10.4. The smallest absolute Gasteiger partial charge is 0.338 e. The van der Waals surface area contributed by atoms with E-state index >= 15 is 0 Å². The van der Waals surface area contributed by atoms with Gasteiger partial charge in [0, 0.05) is 33.3 Å². The Bertz CT molecular complexity index is 1360. The quantitative estimate of drug-likeness (QED) is 0.0767. The van der Waals surface area contributed by atoms with Gasteiger partial charge in [-0.3, -0.25) is 0 Å². The number of hydrogen-bond acceptors (Lipinski definition) is 7. The molecular weight excluding hydrogens is 640 g/mol. The molecule has 0 aliphatic rings. The van der Waals surface area contributed by atoms with E-state index in [1.54, 1.807) is 11.3 Å². The summed E-state index contributed by atoms with van der Waals surface area (Å²) in [6.07, 6.45) is 6.41. The van der Waals surface area contributed by atoms with E-state index in [0.717, 1.165) is 72.3 Å². The molecule has 3 rings (SSSR count). The van der Waals surface area contributed by atoms with Gasteiger partial charge in [0.1, 0.15) is 0 Å². The molecule has 270 valence electrons. The normalized spacial score (nSPS) is 12.0. The minimum atomic E-state index is -0.283. The van der Waals surface area contributed by atoms with Crippen molar-refractivity contribution in [2.75, 3.05) is 52.5 Å². The van der Waals surface area contributed by atoms with Crippen LogP contribution in [-0.2, 0) is 9.47 Å². The molecule has 2 aromatic carbocycles. The molecular formula is C40H63ClN2O4S.